The van der Waals surface area contributed by atoms with E-state index in [1.807, 2.05) is 0 Å². The molecular weight excluding hydrogens is 281 g/mol. The fourth-order valence-electron chi connectivity index (χ4n) is 1.01. The summed E-state index contributed by atoms with van der Waals surface area (Å²) in [5, 5.41) is 3.06. The van der Waals surface area contributed by atoms with E-state index < -0.39 is 6.10 Å². The molecule has 15 heavy (non-hydrogen) atoms. The maximum atomic E-state index is 11.2. The second-order valence-corrected chi connectivity index (χ2v) is 4.21. The number of rotatable bonds is 3. The Balaban J connectivity index is 2.73. The van der Waals surface area contributed by atoms with Gasteiger partial charge in [0.15, 0.2) is 6.10 Å². The van der Waals surface area contributed by atoms with Gasteiger partial charge < -0.3 is 10.1 Å². The molecule has 1 N–H and O–H groups in total. The van der Waals surface area contributed by atoms with Gasteiger partial charge in [-0.05, 0) is 41.1 Å². The summed E-state index contributed by atoms with van der Waals surface area (Å²) in [4.78, 5) is 11.2. The predicted octanol–water partition coefficient (Wildman–Crippen LogP) is 2.62. The molecule has 0 aliphatic rings. The van der Waals surface area contributed by atoms with E-state index in [0.717, 1.165) is 4.47 Å². The molecule has 0 radical (unpaired) electrons. The Kier molecular flexibility index (Phi) is 4.42. The zero-order valence-corrected chi connectivity index (χ0v) is 10.7. The Morgan fingerprint density at radius 3 is 2.80 bits per heavy atom. The number of amides is 1. The molecule has 1 unspecified atom stereocenters. The number of likely N-dealkylation sites (N-methyl/N-ethyl adjacent to an activating group) is 1. The highest BCUT2D eigenvalue weighted by Gasteiger charge is 2.12. The first-order valence-corrected chi connectivity index (χ1v) is 5.55. The van der Waals surface area contributed by atoms with Gasteiger partial charge in [0.2, 0.25) is 0 Å². The molecule has 1 amide bonds. The first kappa shape index (κ1) is 12.3. The van der Waals surface area contributed by atoms with Gasteiger partial charge in [-0.1, -0.05) is 11.6 Å². The van der Waals surface area contributed by atoms with Crippen LogP contribution in [0.5, 0.6) is 5.75 Å². The predicted molar refractivity (Wildman–Crippen MR) is 63.3 cm³/mol. The largest absolute Gasteiger partial charge is 0.481 e. The maximum Gasteiger partial charge on any atom is 0.260 e. The third kappa shape index (κ3) is 3.39. The quantitative estimate of drug-likeness (QED) is 0.930. The molecule has 0 saturated carbocycles. The van der Waals surface area contributed by atoms with Crippen molar-refractivity contribution in [3.63, 3.8) is 0 Å². The van der Waals surface area contributed by atoms with Gasteiger partial charge in [-0.25, -0.2) is 0 Å². The summed E-state index contributed by atoms with van der Waals surface area (Å²) in [5.41, 5.74) is 0. The average molecular weight is 293 g/mol. The number of carbonyl (C=O) groups is 1. The molecule has 0 aromatic heterocycles. The molecule has 0 bridgehead atoms. The number of ether oxygens (including phenoxy) is 1. The zero-order valence-electron chi connectivity index (χ0n) is 8.38. The molecule has 0 aliphatic carbocycles. The van der Waals surface area contributed by atoms with Crippen LogP contribution in [0.15, 0.2) is 22.7 Å². The highest BCUT2D eigenvalue weighted by molar-refractivity contribution is 9.10. The van der Waals surface area contributed by atoms with Crippen LogP contribution < -0.4 is 10.1 Å². The maximum absolute atomic E-state index is 11.2. The molecule has 0 heterocycles. The number of halogens is 2. The minimum atomic E-state index is -0.535. The standard InChI is InChI=1S/C10H11BrClNO2/c1-6(10(14)13-2)15-7-3-4-8(11)9(12)5-7/h3-6H,1-2H3,(H,13,14). The fourth-order valence-corrected chi connectivity index (χ4v) is 1.43. The molecule has 82 valence electrons. The van der Waals surface area contributed by atoms with Crippen molar-refractivity contribution in [3.05, 3.63) is 27.7 Å². The van der Waals surface area contributed by atoms with Gasteiger partial charge in [0.1, 0.15) is 5.75 Å². The lowest BCUT2D eigenvalue weighted by Gasteiger charge is -2.13. The van der Waals surface area contributed by atoms with Crippen LogP contribution >= 0.6 is 27.5 Å². The number of benzene rings is 1. The Hall–Kier alpha value is -0.740. The molecule has 0 saturated heterocycles. The summed E-state index contributed by atoms with van der Waals surface area (Å²) in [6.45, 7) is 1.68. The van der Waals surface area contributed by atoms with Gasteiger partial charge in [0, 0.05) is 11.5 Å². The van der Waals surface area contributed by atoms with Gasteiger partial charge in [0.25, 0.3) is 5.91 Å². The summed E-state index contributed by atoms with van der Waals surface area (Å²) >= 11 is 9.15. The zero-order chi connectivity index (χ0) is 11.4. The number of hydrogen-bond donors (Lipinski definition) is 1. The van der Waals surface area contributed by atoms with Crippen molar-refractivity contribution in [1.82, 2.24) is 5.32 Å². The second kappa shape index (κ2) is 5.37. The number of carbonyl (C=O) groups excluding carboxylic acids is 1. The lowest BCUT2D eigenvalue weighted by atomic mass is 10.3. The van der Waals surface area contributed by atoms with Crippen LogP contribution in [0.2, 0.25) is 5.02 Å². The Morgan fingerprint density at radius 1 is 1.60 bits per heavy atom. The van der Waals surface area contributed by atoms with Gasteiger partial charge >= 0.3 is 0 Å². The summed E-state index contributed by atoms with van der Waals surface area (Å²) in [5.74, 6) is 0.397. The first-order valence-electron chi connectivity index (χ1n) is 4.38. The van der Waals surface area contributed by atoms with Crippen molar-refractivity contribution < 1.29 is 9.53 Å². The van der Waals surface area contributed by atoms with E-state index in [1.54, 1.807) is 32.2 Å². The Labute approximate surface area is 102 Å². The van der Waals surface area contributed by atoms with E-state index >= 15 is 0 Å². The monoisotopic (exact) mass is 291 g/mol. The topological polar surface area (TPSA) is 38.3 Å². The van der Waals surface area contributed by atoms with E-state index in [4.69, 9.17) is 16.3 Å². The molecule has 1 rings (SSSR count). The summed E-state index contributed by atoms with van der Waals surface area (Å²) < 4.78 is 6.18. The Morgan fingerprint density at radius 2 is 2.27 bits per heavy atom. The summed E-state index contributed by atoms with van der Waals surface area (Å²) in [6, 6.07) is 5.18. The Bertz CT molecular complexity index is 370. The van der Waals surface area contributed by atoms with E-state index in [9.17, 15) is 4.79 Å². The fraction of sp³-hybridized carbons (Fsp3) is 0.300. The van der Waals surface area contributed by atoms with E-state index in [1.165, 1.54) is 0 Å². The second-order valence-electron chi connectivity index (χ2n) is 2.95. The lowest BCUT2D eigenvalue weighted by Crippen LogP contribution is -2.33. The molecule has 1 aromatic rings. The van der Waals surface area contributed by atoms with Gasteiger partial charge in [-0.2, -0.15) is 0 Å². The van der Waals surface area contributed by atoms with Gasteiger partial charge in [0.05, 0.1) is 5.02 Å². The molecule has 1 aromatic carbocycles. The minimum Gasteiger partial charge on any atom is -0.481 e. The first-order chi connectivity index (χ1) is 7.04. The van der Waals surface area contributed by atoms with Crippen LogP contribution in [0.4, 0.5) is 0 Å². The minimum absolute atomic E-state index is 0.172. The molecule has 0 spiro atoms. The van der Waals surface area contributed by atoms with Crippen molar-refractivity contribution in [3.8, 4) is 5.75 Å². The molecule has 5 heteroatoms. The van der Waals surface area contributed by atoms with Crippen molar-refractivity contribution >= 4 is 33.4 Å². The van der Waals surface area contributed by atoms with Gasteiger partial charge in [-0.15, -0.1) is 0 Å². The smallest absolute Gasteiger partial charge is 0.260 e. The van der Waals surface area contributed by atoms with Crippen LogP contribution in [0.3, 0.4) is 0 Å². The molecule has 0 fully saturated rings. The number of hydrogen-bond acceptors (Lipinski definition) is 2. The number of nitrogens with one attached hydrogen (secondary N) is 1. The highest BCUT2D eigenvalue weighted by atomic mass is 79.9. The van der Waals surface area contributed by atoms with Gasteiger partial charge in [-0.3, -0.25) is 4.79 Å². The lowest BCUT2D eigenvalue weighted by molar-refractivity contribution is -0.126. The van der Waals surface area contributed by atoms with Crippen LogP contribution in [-0.2, 0) is 4.79 Å². The van der Waals surface area contributed by atoms with E-state index in [-0.39, 0.29) is 5.91 Å². The third-order valence-corrected chi connectivity index (χ3v) is 3.05. The molecule has 1 atom stereocenters. The average Bonchev–Trinajstić information content (AvgIpc) is 2.22. The third-order valence-electron chi connectivity index (χ3n) is 1.82. The van der Waals surface area contributed by atoms with Crippen molar-refractivity contribution in [2.24, 2.45) is 0 Å². The van der Waals surface area contributed by atoms with Crippen LogP contribution in [-0.4, -0.2) is 19.1 Å². The van der Waals surface area contributed by atoms with E-state index in [0.29, 0.717) is 10.8 Å². The van der Waals surface area contributed by atoms with Crippen molar-refractivity contribution in [2.75, 3.05) is 7.05 Å². The van der Waals surface area contributed by atoms with Crippen molar-refractivity contribution in [2.45, 2.75) is 13.0 Å². The molecule has 0 aliphatic heterocycles. The van der Waals surface area contributed by atoms with Crippen LogP contribution in [0, 0.1) is 0 Å². The summed E-state index contributed by atoms with van der Waals surface area (Å²) in [6.07, 6.45) is -0.535. The van der Waals surface area contributed by atoms with E-state index in [2.05, 4.69) is 21.2 Å². The SMILES string of the molecule is CNC(=O)C(C)Oc1ccc(Br)c(Cl)c1. The summed E-state index contributed by atoms with van der Waals surface area (Å²) in [7, 11) is 1.57. The molecule has 3 nitrogen and oxygen atoms in total. The van der Waals surface area contributed by atoms with Crippen LogP contribution in [0.25, 0.3) is 0 Å². The highest BCUT2D eigenvalue weighted by Crippen LogP contribution is 2.27. The van der Waals surface area contributed by atoms with Crippen molar-refractivity contribution in [1.29, 1.82) is 0 Å². The molecular formula is C10H11BrClNO2. The normalized spacial score (nSPS) is 12.0. The van der Waals surface area contributed by atoms with Crippen LogP contribution in [0.1, 0.15) is 6.92 Å².